The zero-order valence-electron chi connectivity index (χ0n) is 18.1. The predicted molar refractivity (Wildman–Crippen MR) is 119 cm³/mol. The smallest absolute Gasteiger partial charge is 0.246 e. The number of anilines is 1. The number of hydrogen-bond donors (Lipinski definition) is 0. The maximum Gasteiger partial charge on any atom is 0.246 e. The first-order valence-corrected chi connectivity index (χ1v) is 10.5. The van der Waals surface area contributed by atoms with Crippen molar-refractivity contribution in [3.63, 3.8) is 0 Å². The van der Waals surface area contributed by atoms with Crippen molar-refractivity contribution in [1.82, 2.24) is 24.6 Å². The molecule has 0 unspecified atom stereocenters. The molecule has 2 aliphatic heterocycles. The number of piperazine rings is 1. The van der Waals surface area contributed by atoms with Gasteiger partial charge >= 0.3 is 0 Å². The van der Waals surface area contributed by atoms with Crippen molar-refractivity contribution >= 4 is 17.8 Å². The SMILES string of the molecule is Cc1cc(C)n(-c2cc(N3CCN(C(=O)/C=C/c4ccc5c(c4)OCO5)CC3)ncn2)n1. The molecular weight excluding hydrogens is 408 g/mol. The van der Waals surface area contributed by atoms with Gasteiger partial charge in [-0.3, -0.25) is 4.79 Å². The second-order valence-corrected chi connectivity index (χ2v) is 7.83. The molecule has 9 heteroatoms. The van der Waals surface area contributed by atoms with Gasteiger partial charge in [0.1, 0.15) is 12.1 Å². The van der Waals surface area contributed by atoms with E-state index in [9.17, 15) is 4.79 Å². The van der Waals surface area contributed by atoms with Crippen LogP contribution in [0.3, 0.4) is 0 Å². The van der Waals surface area contributed by atoms with Gasteiger partial charge in [-0.1, -0.05) is 6.07 Å². The number of ether oxygens (including phenoxy) is 2. The van der Waals surface area contributed by atoms with E-state index in [0.717, 1.165) is 34.3 Å². The van der Waals surface area contributed by atoms with Crippen LogP contribution in [0.25, 0.3) is 11.9 Å². The Morgan fingerprint density at radius 1 is 0.969 bits per heavy atom. The van der Waals surface area contributed by atoms with Crippen LogP contribution in [0.15, 0.2) is 42.7 Å². The van der Waals surface area contributed by atoms with Gasteiger partial charge in [0.25, 0.3) is 0 Å². The van der Waals surface area contributed by atoms with Crippen LogP contribution >= 0.6 is 0 Å². The molecule has 5 rings (SSSR count). The number of amides is 1. The number of carbonyl (C=O) groups excluding carboxylic acids is 1. The Balaban J connectivity index is 1.21. The third-order valence-corrected chi connectivity index (χ3v) is 5.60. The van der Waals surface area contributed by atoms with Gasteiger partial charge < -0.3 is 19.3 Å². The number of hydrogen-bond acceptors (Lipinski definition) is 7. The summed E-state index contributed by atoms with van der Waals surface area (Å²) in [6.07, 6.45) is 4.98. The molecule has 9 nitrogen and oxygen atoms in total. The lowest BCUT2D eigenvalue weighted by molar-refractivity contribution is -0.126. The monoisotopic (exact) mass is 432 g/mol. The predicted octanol–water partition coefficient (Wildman–Crippen LogP) is 2.37. The first-order valence-electron chi connectivity index (χ1n) is 10.5. The van der Waals surface area contributed by atoms with E-state index in [1.807, 2.05) is 59.8 Å². The fourth-order valence-electron chi connectivity index (χ4n) is 3.93. The molecule has 164 valence electrons. The van der Waals surface area contributed by atoms with Gasteiger partial charge in [-0.2, -0.15) is 5.10 Å². The molecule has 0 aliphatic carbocycles. The Morgan fingerprint density at radius 3 is 2.53 bits per heavy atom. The molecule has 0 atom stereocenters. The summed E-state index contributed by atoms with van der Waals surface area (Å²) in [5.41, 5.74) is 2.87. The van der Waals surface area contributed by atoms with Gasteiger partial charge in [-0.05, 0) is 43.7 Å². The van der Waals surface area contributed by atoms with Crippen LogP contribution in [0.5, 0.6) is 11.5 Å². The molecule has 4 heterocycles. The Morgan fingerprint density at radius 2 is 1.75 bits per heavy atom. The summed E-state index contributed by atoms with van der Waals surface area (Å²) in [6.45, 7) is 6.87. The van der Waals surface area contributed by atoms with Crippen LogP contribution in [0.4, 0.5) is 5.82 Å². The fraction of sp³-hybridized carbons (Fsp3) is 0.304. The lowest BCUT2D eigenvalue weighted by Crippen LogP contribution is -2.48. The van der Waals surface area contributed by atoms with Crippen molar-refractivity contribution in [3.8, 4) is 17.3 Å². The average molecular weight is 432 g/mol. The number of aryl methyl sites for hydroxylation is 2. The van der Waals surface area contributed by atoms with Crippen molar-refractivity contribution in [1.29, 1.82) is 0 Å². The fourth-order valence-corrected chi connectivity index (χ4v) is 3.93. The molecule has 0 saturated carbocycles. The van der Waals surface area contributed by atoms with E-state index in [1.54, 1.807) is 12.4 Å². The molecule has 0 bridgehead atoms. The van der Waals surface area contributed by atoms with E-state index in [2.05, 4.69) is 20.0 Å². The standard InChI is InChI=1S/C23H24N6O3/c1-16-11-17(2)29(26-16)22-13-21(24-14-25-22)27-7-9-28(10-8-27)23(30)6-4-18-3-5-19-20(12-18)32-15-31-19/h3-6,11-14H,7-10,15H2,1-2H3/b6-4+. The Hall–Kier alpha value is -3.88. The molecule has 0 N–H and O–H groups in total. The summed E-state index contributed by atoms with van der Waals surface area (Å²) in [5, 5.41) is 4.50. The summed E-state index contributed by atoms with van der Waals surface area (Å²) in [7, 11) is 0. The highest BCUT2D eigenvalue weighted by atomic mass is 16.7. The highest BCUT2D eigenvalue weighted by molar-refractivity contribution is 5.92. The van der Waals surface area contributed by atoms with Crippen molar-refractivity contribution in [3.05, 3.63) is 59.7 Å². The van der Waals surface area contributed by atoms with Crippen molar-refractivity contribution in [2.45, 2.75) is 13.8 Å². The summed E-state index contributed by atoms with van der Waals surface area (Å²) in [4.78, 5) is 25.5. The molecule has 0 spiro atoms. The Bertz CT molecular complexity index is 1180. The average Bonchev–Trinajstić information content (AvgIpc) is 3.42. The van der Waals surface area contributed by atoms with Gasteiger partial charge in [0.15, 0.2) is 17.3 Å². The lowest BCUT2D eigenvalue weighted by atomic mass is 10.2. The number of fused-ring (bicyclic) bond motifs is 1. The molecule has 0 radical (unpaired) electrons. The maximum atomic E-state index is 12.7. The first-order chi connectivity index (χ1) is 15.6. The summed E-state index contributed by atoms with van der Waals surface area (Å²) < 4.78 is 12.5. The molecule has 1 aromatic carbocycles. The van der Waals surface area contributed by atoms with Crippen molar-refractivity contribution in [2.24, 2.45) is 0 Å². The number of rotatable bonds is 4. The number of benzene rings is 1. The second-order valence-electron chi connectivity index (χ2n) is 7.83. The topological polar surface area (TPSA) is 85.6 Å². The van der Waals surface area contributed by atoms with E-state index in [4.69, 9.17) is 9.47 Å². The molecule has 32 heavy (non-hydrogen) atoms. The zero-order chi connectivity index (χ0) is 22.1. The third-order valence-electron chi connectivity index (χ3n) is 5.60. The van der Waals surface area contributed by atoms with Gasteiger partial charge in [-0.15, -0.1) is 0 Å². The molecule has 2 aromatic heterocycles. The lowest BCUT2D eigenvalue weighted by Gasteiger charge is -2.35. The quantitative estimate of drug-likeness (QED) is 0.585. The van der Waals surface area contributed by atoms with Crippen LogP contribution in [0.2, 0.25) is 0 Å². The normalized spacial score (nSPS) is 15.6. The van der Waals surface area contributed by atoms with Gasteiger partial charge in [0, 0.05) is 44.0 Å². The molecule has 1 fully saturated rings. The first kappa shape index (κ1) is 20.0. The van der Waals surface area contributed by atoms with Crippen LogP contribution in [0.1, 0.15) is 17.0 Å². The highest BCUT2D eigenvalue weighted by Gasteiger charge is 2.21. The summed E-state index contributed by atoms with van der Waals surface area (Å²) >= 11 is 0. The summed E-state index contributed by atoms with van der Waals surface area (Å²) in [6, 6.07) is 9.59. The van der Waals surface area contributed by atoms with Crippen LogP contribution in [0, 0.1) is 13.8 Å². The van der Waals surface area contributed by atoms with E-state index in [1.165, 1.54) is 0 Å². The molecule has 1 saturated heterocycles. The minimum atomic E-state index is -0.00617. The maximum absolute atomic E-state index is 12.7. The van der Waals surface area contributed by atoms with E-state index >= 15 is 0 Å². The van der Waals surface area contributed by atoms with E-state index in [0.29, 0.717) is 31.9 Å². The van der Waals surface area contributed by atoms with Crippen molar-refractivity contribution < 1.29 is 14.3 Å². The number of carbonyl (C=O) groups is 1. The van der Waals surface area contributed by atoms with Crippen LogP contribution in [-0.2, 0) is 4.79 Å². The minimum Gasteiger partial charge on any atom is -0.454 e. The molecular formula is C23H24N6O3. The van der Waals surface area contributed by atoms with Gasteiger partial charge in [-0.25, -0.2) is 14.6 Å². The Labute approximate surface area is 185 Å². The highest BCUT2D eigenvalue weighted by Crippen LogP contribution is 2.32. The van der Waals surface area contributed by atoms with Crippen molar-refractivity contribution in [2.75, 3.05) is 37.9 Å². The zero-order valence-corrected chi connectivity index (χ0v) is 18.1. The summed E-state index contributed by atoms with van der Waals surface area (Å²) in [5.74, 6) is 3.01. The van der Waals surface area contributed by atoms with E-state index in [-0.39, 0.29) is 12.7 Å². The largest absolute Gasteiger partial charge is 0.454 e. The molecule has 1 amide bonds. The Kier molecular flexibility index (Phi) is 5.22. The van der Waals surface area contributed by atoms with Gasteiger partial charge in [0.05, 0.1) is 5.69 Å². The second kappa shape index (κ2) is 8.33. The van der Waals surface area contributed by atoms with E-state index < -0.39 is 0 Å². The third kappa shape index (κ3) is 4.01. The number of nitrogens with zero attached hydrogens (tertiary/aromatic N) is 6. The van der Waals surface area contributed by atoms with Crippen LogP contribution in [-0.4, -0.2) is 63.5 Å². The molecule has 2 aliphatic rings. The van der Waals surface area contributed by atoms with Crippen LogP contribution < -0.4 is 14.4 Å². The minimum absolute atomic E-state index is 0.00617. The number of aromatic nitrogens is 4. The molecule has 3 aromatic rings. The van der Waals surface area contributed by atoms with Gasteiger partial charge in [0.2, 0.25) is 12.7 Å².